The number of methoxy groups -OCH3 is 1. The second kappa shape index (κ2) is 8.53. The Labute approximate surface area is 93.0 Å². The fourth-order valence-electron chi connectivity index (χ4n) is 1.46. The number of nitrogens with one attached hydrogen (secondary N) is 1. The molecule has 4 heteroatoms. The van der Waals surface area contributed by atoms with E-state index in [2.05, 4.69) is 12.2 Å². The number of ether oxygens (including phenoxy) is 1. The summed E-state index contributed by atoms with van der Waals surface area (Å²) in [5, 5.41) is 2.91. The molecule has 0 saturated heterocycles. The van der Waals surface area contributed by atoms with E-state index in [4.69, 9.17) is 4.74 Å². The topological polar surface area (TPSA) is 41.6 Å². The molecule has 0 bridgehead atoms. The molecule has 0 spiro atoms. The van der Waals surface area contributed by atoms with E-state index in [-0.39, 0.29) is 12.1 Å². The normalized spacial score (nSPS) is 12.3. The maximum atomic E-state index is 11.7. The van der Waals surface area contributed by atoms with Gasteiger partial charge in [0, 0.05) is 20.2 Å². The Morgan fingerprint density at radius 3 is 2.60 bits per heavy atom. The summed E-state index contributed by atoms with van der Waals surface area (Å²) in [4.78, 5) is 13.5. The van der Waals surface area contributed by atoms with Crippen LogP contribution in [0.15, 0.2) is 0 Å². The van der Waals surface area contributed by atoms with Gasteiger partial charge in [0.05, 0.1) is 12.6 Å². The van der Waals surface area contributed by atoms with Gasteiger partial charge in [-0.1, -0.05) is 13.3 Å². The zero-order valence-electron chi connectivity index (χ0n) is 10.4. The van der Waals surface area contributed by atoms with Gasteiger partial charge in [-0.3, -0.25) is 0 Å². The van der Waals surface area contributed by atoms with E-state index in [9.17, 15) is 4.79 Å². The molecule has 0 aliphatic carbocycles. The van der Waals surface area contributed by atoms with Crippen molar-refractivity contribution in [1.29, 1.82) is 0 Å². The predicted molar refractivity (Wildman–Crippen MR) is 62.0 cm³/mol. The first-order valence-corrected chi connectivity index (χ1v) is 5.70. The molecule has 0 fully saturated rings. The molecule has 0 radical (unpaired) electrons. The molecule has 1 atom stereocenters. The molecular formula is C11H24N2O2. The molecule has 2 amide bonds. The highest BCUT2D eigenvalue weighted by atomic mass is 16.5. The lowest BCUT2D eigenvalue weighted by atomic mass is 10.3. The Hall–Kier alpha value is -0.770. The second-order valence-corrected chi connectivity index (χ2v) is 3.68. The number of rotatable bonds is 7. The van der Waals surface area contributed by atoms with Crippen LogP contribution in [0.2, 0.25) is 0 Å². The van der Waals surface area contributed by atoms with E-state index >= 15 is 0 Å². The van der Waals surface area contributed by atoms with Gasteiger partial charge >= 0.3 is 6.03 Å². The van der Waals surface area contributed by atoms with Gasteiger partial charge in [0.25, 0.3) is 0 Å². The van der Waals surface area contributed by atoms with Gasteiger partial charge in [-0.05, 0) is 20.3 Å². The molecule has 4 nitrogen and oxygen atoms in total. The number of unbranched alkanes of at least 4 members (excludes halogenated alkanes) is 1. The van der Waals surface area contributed by atoms with E-state index in [1.165, 1.54) is 0 Å². The molecule has 15 heavy (non-hydrogen) atoms. The van der Waals surface area contributed by atoms with Crippen molar-refractivity contribution in [2.75, 3.05) is 26.8 Å². The zero-order chi connectivity index (χ0) is 11.7. The molecule has 90 valence electrons. The third-order valence-electron chi connectivity index (χ3n) is 2.35. The van der Waals surface area contributed by atoms with Gasteiger partial charge in [0.1, 0.15) is 0 Å². The van der Waals surface area contributed by atoms with E-state index in [1.807, 2.05) is 13.8 Å². The first-order chi connectivity index (χ1) is 7.17. The van der Waals surface area contributed by atoms with Gasteiger partial charge in [-0.25, -0.2) is 4.79 Å². The Morgan fingerprint density at radius 2 is 2.13 bits per heavy atom. The summed E-state index contributed by atoms with van der Waals surface area (Å²) in [6.07, 6.45) is 2.13. The highest BCUT2D eigenvalue weighted by Crippen LogP contribution is 2.00. The van der Waals surface area contributed by atoms with Crippen LogP contribution < -0.4 is 5.32 Å². The van der Waals surface area contributed by atoms with Crippen LogP contribution in [0.4, 0.5) is 4.79 Å². The quantitative estimate of drug-likeness (QED) is 0.660. The van der Waals surface area contributed by atoms with Crippen LogP contribution in [0.1, 0.15) is 33.6 Å². The third kappa shape index (κ3) is 5.62. The lowest BCUT2D eigenvalue weighted by Gasteiger charge is -2.27. The van der Waals surface area contributed by atoms with Gasteiger partial charge in [-0.2, -0.15) is 0 Å². The van der Waals surface area contributed by atoms with Crippen molar-refractivity contribution in [2.45, 2.75) is 39.7 Å². The molecule has 1 N–H and O–H groups in total. The van der Waals surface area contributed by atoms with Gasteiger partial charge < -0.3 is 15.0 Å². The van der Waals surface area contributed by atoms with E-state index in [1.54, 1.807) is 12.0 Å². The highest BCUT2D eigenvalue weighted by Gasteiger charge is 2.17. The Balaban J connectivity index is 3.97. The molecule has 0 aromatic rings. The number of urea groups is 1. The van der Waals surface area contributed by atoms with Crippen molar-refractivity contribution in [3.63, 3.8) is 0 Å². The van der Waals surface area contributed by atoms with Crippen molar-refractivity contribution in [3.8, 4) is 0 Å². The average molecular weight is 216 g/mol. The molecule has 0 aliphatic rings. The number of hydrogen-bond donors (Lipinski definition) is 1. The molecule has 0 saturated carbocycles. The van der Waals surface area contributed by atoms with Crippen molar-refractivity contribution in [2.24, 2.45) is 0 Å². The van der Waals surface area contributed by atoms with Crippen LogP contribution in [0.3, 0.4) is 0 Å². The predicted octanol–water partition coefficient (Wildman–Crippen LogP) is 1.85. The molecule has 0 aromatic heterocycles. The van der Waals surface area contributed by atoms with Crippen molar-refractivity contribution in [3.05, 3.63) is 0 Å². The summed E-state index contributed by atoms with van der Waals surface area (Å²) < 4.78 is 5.04. The number of amides is 2. The monoisotopic (exact) mass is 216 g/mol. The zero-order valence-corrected chi connectivity index (χ0v) is 10.4. The Morgan fingerprint density at radius 1 is 1.47 bits per heavy atom. The number of likely N-dealkylation sites (N-methyl/N-ethyl adjacent to an activating group) is 1. The molecule has 0 heterocycles. The van der Waals surface area contributed by atoms with Crippen LogP contribution in [-0.4, -0.2) is 43.8 Å². The minimum atomic E-state index is 0.00972. The molecule has 0 rings (SSSR count). The number of carbonyl (C=O) groups excluding carboxylic acids is 1. The van der Waals surface area contributed by atoms with Crippen LogP contribution >= 0.6 is 0 Å². The maximum absolute atomic E-state index is 11.7. The van der Waals surface area contributed by atoms with Crippen molar-refractivity contribution < 1.29 is 9.53 Å². The number of nitrogens with zero attached hydrogens (tertiary/aromatic N) is 1. The smallest absolute Gasteiger partial charge is 0.317 e. The molecule has 0 aromatic carbocycles. The fourth-order valence-corrected chi connectivity index (χ4v) is 1.46. The molecular weight excluding hydrogens is 192 g/mol. The lowest BCUT2D eigenvalue weighted by Crippen LogP contribution is -2.46. The third-order valence-corrected chi connectivity index (χ3v) is 2.35. The van der Waals surface area contributed by atoms with Crippen molar-refractivity contribution >= 4 is 6.03 Å². The fraction of sp³-hybridized carbons (Fsp3) is 0.909. The van der Waals surface area contributed by atoms with Crippen LogP contribution in [-0.2, 0) is 4.74 Å². The Bertz CT molecular complexity index is 174. The van der Waals surface area contributed by atoms with E-state index in [0.29, 0.717) is 13.2 Å². The first kappa shape index (κ1) is 14.2. The highest BCUT2D eigenvalue weighted by molar-refractivity contribution is 5.74. The largest absolute Gasteiger partial charge is 0.383 e. The molecule has 0 aliphatic heterocycles. The first-order valence-electron chi connectivity index (χ1n) is 5.70. The number of carbonyl (C=O) groups is 1. The average Bonchev–Trinajstić information content (AvgIpc) is 2.19. The number of hydrogen-bond acceptors (Lipinski definition) is 2. The summed E-state index contributed by atoms with van der Waals surface area (Å²) in [5.41, 5.74) is 0. The summed E-state index contributed by atoms with van der Waals surface area (Å²) in [5.74, 6) is 0. The molecule has 1 unspecified atom stereocenters. The van der Waals surface area contributed by atoms with Crippen LogP contribution in [0, 0.1) is 0 Å². The second-order valence-electron chi connectivity index (χ2n) is 3.68. The Kier molecular flexibility index (Phi) is 8.09. The SMILES string of the molecule is CCCCNC(=O)N(CC)C(C)COC. The van der Waals surface area contributed by atoms with Crippen molar-refractivity contribution in [1.82, 2.24) is 10.2 Å². The van der Waals surface area contributed by atoms with E-state index in [0.717, 1.165) is 19.4 Å². The minimum Gasteiger partial charge on any atom is -0.383 e. The van der Waals surface area contributed by atoms with Gasteiger partial charge in [0.2, 0.25) is 0 Å². The van der Waals surface area contributed by atoms with E-state index < -0.39 is 0 Å². The summed E-state index contributed by atoms with van der Waals surface area (Å²) in [7, 11) is 1.65. The summed E-state index contributed by atoms with van der Waals surface area (Å²) in [6, 6.07) is 0.136. The lowest BCUT2D eigenvalue weighted by molar-refractivity contribution is 0.114. The summed E-state index contributed by atoms with van der Waals surface area (Å²) >= 11 is 0. The minimum absolute atomic E-state index is 0.00972. The maximum Gasteiger partial charge on any atom is 0.317 e. The van der Waals surface area contributed by atoms with Gasteiger partial charge in [-0.15, -0.1) is 0 Å². The van der Waals surface area contributed by atoms with Crippen LogP contribution in [0.5, 0.6) is 0 Å². The van der Waals surface area contributed by atoms with Crippen LogP contribution in [0.25, 0.3) is 0 Å². The van der Waals surface area contributed by atoms with Gasteiger partial charge in [0.15, 0.2) is 0 Å². The standard InChI is InChI=1S/C11H24N2O2/c1-5-7-8-12-11(14)13(6-2)10(3)9-15-4/h10H,5-9H2,1-4H3,(H,12,14). The summed E-state index contributed by atoms with van der Waals surface area (Å²) in [6.45, 7) is 8.12.